The van der Waals surface area contributed by atoms with Gasteiger partial charge in [0.05, 0.1) is 25.1 Å². The van der Waals surface area contributed by atoms with Crippen LogP contribution in [0.4, 0.5) is 11.5 Å². The van der Waals surface area contributed by atoms with Crippen molar-refractivity contribution in [3.8, 4) is 0 Å². The van der Waals surface area contributed by atoms with Crippen LogP contribution in [0, 0.1) is 0 Å². The zero-order valence-corrected chi connectivity index (χ0v) is 14.7. The summed E-state index contributed by atoms with van der Waals surface area (Å²) >= 11 is 3.45. The number of carbonyl (C=O) groups is 1. The highest BCUT2D eigenvalue weighted by molar-refractivity contribution is 9.10. The number of hydrogen-bond donors (Lipinski definition) is 1. The quantitative estimate of drug-likeness (QED) is 0.817. The molecule has 0 atom stereocenters. The molecule has 1 N–H and O–H groups in total. The molecule has 1 amide bonds. The van der Waals surface area contributed by atoms with Crippen molar-refractivity contribution in [2.24, 2.45) is 0 Å². The third-order valence-electron chi connectivity index (χ3n) is 3.69. The van der Waals surface area contributed by atoms with Gasteiger partial charge in [0.25, 0.3) is 0 Å². The van der Waals surface area contributed by atoms with Crippen molar-refractivity contribution in [2.75, 3.05) is 36.5 Å². The fourth-order valence-corrected chi connectivity index (χ4v) is 2.83. The maximum atomic E-state index is 12.0. The lowest BCUT2D eigenvalue weighted by atomic mass is 10.2. The first-order valence-electron chi connectivity index (χ1n) is 7.75. The normalized spacial score (nSPS) is 14.8. The minimum absolute atomic E-state index is 0.211. The second kappa shape index (κ2) is 8.08. The summed E-state index contributed by atoms with van der Waals surface area (Å²) in [5.74, 6) is 0.325. The van der Waals surface area contributed by atoms with E-state index >= 15 is 0 Å². The van der Waals surface area contributed by atoms with Crippen LogP contribution in [0.25, 0.3) is 6.08 Å². The zero-order valence-electron chi connectivity index (χ0n) is 13.1. The second-order valence-electron chi connectivity index (χ2n) is 5.35. The van der Waals surface area contributed by atoms with Crippen molar-refractivity contribution in [2.45, 2.75) is 0 Å². The summed E-state index contributed by atoms with van der Waals surface area (Å²) in [7, 11) is 0. The number of halogens is 1. The first-order valence-corrected chi connectivity index (χ1v) is 8.54. The van der Waals surface area contributed by atoms with Crippen molar-refractivity contribution < 1.29 is 9.53 Å². The van der Waals surface area contributed by atoms with Crippen LogP contribution in [0.1, 0.15) is 5.56 Å². The molecule has 2 aromatic rings. The molecular formula is C18H18BrN3O2. The van der Waals surface area contributed by atoms with Gasteiger partial charge < -0.3 is 15.0 Å². The standard InChI is InChI=1S/C18H18BrN3O2/c19-16-4-2-1-3-14(16)5-8-18(23)21-17-7-6-15(13-20-17)22-9-11-24-12-10-22/h1-8,13H,9-12H2,(H,20,21,23). The molecule has 0 saturated carbocycles. The number of ether oxygens (including phenoxy) is 1. The van der Waals surface area contributed by atoms with Crippen molar-refractivity contribution in [3.05, 3.63) is 58.7 Å². The molecule has 1 aromatic carbocycles. The van der Waals surface area contributed by atoms with Crippen LogP contribution in [-0.4, -0.2) is 37.2 Å². The van der Waals surface area contributed by atoms with Crippen molar-refractivity contribution in [1.29, 1.82) is 0 Å². The van der Waals surface area contributed by atoms with E-state index in [9.17, 15) is 4.79 Å². The molecule has 3 rings (SSSR count). The Kier molecular flexibility index (Phi) is 5.61. The SMILES string of the molecule is O=C(C=Cc1ccccc1Br)Nc1ccc(N2CCOCC2)cn1. The topological polar surface area (TPSA) is 54.5 Å². The number of rotatable bonds is 4. The smallest absolute Gasteiger partial charge is 0.249 e. The van der Waals surface area contributed by atoms with E-state index in [4.69, 9.17) is 4.74 Å². The summed E-state index contributed by atoms with van der Waals surface area (Å²) in [6.07, 6.45) is 5.04. The van der Waals surface area contributed by atoms with Gasteiger partial charge in [0.2, 0.25) is 5.91 Å². The summed E-state index contributed by atoms with van der Waals surface area (Å²) in [6, 6.07) is 11.5. The molecular weight excluding hydrogens is 370 g/mol. The maximum Gasteiger partial charge on any atom is 0.249 e. The number of nitrogens with one attached hydrogen (secondary N) is 1. The minimum Gasteiger partial charge on any atom is -0.378 e. The van der Waals surface area contributed by atoms with E-state index in [1.807, 2.05) is 36.4 Å². The van der Waals surface area contributed by atoms with Gasteiger partial charge in [-0.15, -0.1) is 0 Å². The Bertz CT molecular complexity index is 725. The third-order valence-corrected chi connectivity index (χ3v) is 4.42. The highest BCUT2D eigenvalue weighted by Crippen LogP contribution is 2.18. The monoisotopic (exact) mass is 387 g/mol. The lowest BCUT2D eigenvalue weighted by molar-refractivity contribution is -0.111. The maximum absolute atomic E-state index is 12.0. The van der Waals surface area contributed by atoms with E-state index in [0.29, 0.717) is 5.82 Å². The van der Waals surface area contributed by atoms with Gasteiger partial charge in [0.1, 0.15) is 5.82 Å². The van der Waals surface area contributed by atoms with Gasteiger partial charge in [-0.1, -0.05) is 34.1 Å². The Labute approximate surface area is 149 Å². The van der Waals surface area contributed by atoms with Gasteiger partial charge in [0.15, 0.2) is 0 Å². The Morgan fingerprint density at radius 3 is 2.71 bits per heavy atom. The van der Waals surface area contributed by atoms with E-state index in [0.717, 1.165) is 42.0 Å². The molecule has 0 aliphatic carbocycles. The van der Waals surface area contributed by atoms with Gasteiger partial charge in [-0.2, -0.15) is 0 Å². The van der Waals surface area contributed by atoms with Crippen LogP contribution >= 0.6 is 15.9 Å². The van der Waals surface area contributed by atoms with Crippen molar-refractivity contribution in [3.63, 3.8) is 0 Å². The highest BCUT2D eigenvalue weighted by atomic mass is 79.9. The molecule has 0 bridgehead atoms. The minimum atomic E-state index is -0.211. The van der Waals surface area contributed by atoms with Crippen molar-refractivity contribution in [1.82, 2.24) is 4.98 Å². The molecule has 5 nitrogen and oxygen atoms in total. The first kappa shape index (κ1) is 16.7. The molecule has 0 radical (unpaired) electrons. The summed E-state index contributed by atoms with van der Waals surface area (Å²) in [4.78, 5) is 18.5. The van der Waals surface area contributed by atoms with Gasteiger partial charge in [-0.25, -0.2) is 4.98 Å². The molecule has 124 valence electrons. The lowest BCUT2D eigenvalue weighted by Crippen LogP contribution is -2.36. The van der Waals surface area contributed by atoms with E-state index < -0.39 is 0 Å². The molecule has 6 heteroatoms. The molecule has 2 heterocycles. The second-order valence-corrected chi connectivity index (χ2v) is 6.20. The number of hydrogen-bond acceptors (Lipinski definition) is 4. The predicted octanol–water partition coefficient (Wildman–Crippen LogP) is 3.33. The number of pyridine rings is 1. The third kappa shape index (κ3) is 4.43. The molecule has 1 fully saturated rings. The lowest BCUT2D eigenvalue weighted by Gasteiger charge is -2.28. The molecule has 24 heavy (non-hydrogen) atoms. The number of morpholine rings is 1. The number of nitrogens with zero attached hydrogens (tertiary/aromatic N) is 2. The van der Waals surface area contributed by atoms with E-state index in [2.05, 4.69) is 31.1 Å². The van der Waals surface area contributed by atoms with Crippen LogP contribution < -0.4 is 10.2 Å². The molecule has 1 saturated heterocycles. The Morgan fingerprint density at radius 1 is 1.21 bits per heavy atom. The summed E-state index contributed by atoms with van der Waals surface area (Å²) < 4.78 is 6.29. The van der Waals surface area contributed by atoms with Crippen molar-refractivity contribution >= 4 is 39.4 Å². The predicted molar refractivity (Wildman–Crippen MR) is 99.1 cm³/mol. The molecule has 1 aliphatic heterocycles. The number of benzene rings is 1. The Morgan fingerprint density at radius 2 is 2.00 bits per heavy atom. The largest absolute Gasteiger partial charge is 0.378 e. The first-order chi connectivity index (χ1) is 11.7. The number of carbonyl (C=O) groups excluding carboxylic acids is 1. The van der Waals surface area contributed by atoms with Crippen LogP contribution in [0.2, 0.25) is 0 Å². The molecule has 1 aliphatic rings. The van der Waals surface area contributed by atoms with Crippen LogP contribution in [0.5, 0.6) is 0 Å². The van der Waals surface area contributed by atoms with Gasteiger partial charge >= 0.3 is 0 Å². The van der Waals surface area contributed by atoms with Gasteiger partial charge in [-0.3, -0.25) is 4.79 Å². The summed E-state index contributed by atoms with van der Waals surface area (Å²) in [6.45, 7) is 3.20. The van der Waals surface area contributed by atoms with Crippen LogP contribution in [0.3, 0.4) is 0 Å². The zero-order chi connectivity index (χ0) is 16.8. The molecule has 0 unspecified atom stereocenters. The van der Waals surface area contributed by atoms with Crippen LogP contribution in [0.15, 0.2) is 53.1 Å². The number of aromatic nitrogens is 1. The fourth-order valence-electron chi connectivity index (χ4n) is 2.41. The molecule has 0 spiro atoms. The molecule has 1 aromatic heterocycles. The number of anilines is 2. The van der Waals surface area contributed by atoms with Gasteiger partial charge in [0, 0.05) is 23.6 Å². The van der Waals surface area contributed by atoms with E-state index in [-0.39, 0.29) is 5.91 Å². The average molecular weight is 388 g/mol. The van der Waals surface area contributed by atoms with Gasteiger partial charge in [-0.05, 0) is 29.8 Å². The highest BCUT2D eigenvalue weighted by Gasteiger charge is 2.11. The van der Waals surface area contributed by atoms with E-state index in [1.165, 1.54) is 6.08 Å². The van der Waals surface area contributed by atoms with Crippen LogP contribution in [-0.2, 0) is 9.53 Å². The van der Waals surface area contributed by atoms with E-state index in [1.54, 1.807) is 12.3 Å². The summed E-state index contributed by atoms with van der Waals surface area (Å²) in [5.41, 5.74) is 1.99. The average Bonchev–Trinajstić information content (AvgIpc) is 2.62. The number of amides is 1. The fraction of sp³-hybridized carbons (Fsp3) is 0.222. The Hall–Kier alpha value is -2.18. The Balaban J connectivity index is 1.59. The summed E-state index contributed by atoms with van der Waals surface area (Å²) in [5, 5.41) is 2.77.